The van der Waals surface area contributed by atoms with Gasteiger partial charge < -0.3 is 0 Å². The van der Waals surface area contributed by atoms with Crippen molar-refractivity contribution in [3.63, 3.8) is 0 Å². The number of benzene rings is 2. The van der Waals surface area contributed by atoms with Gasteiger partial charge in [0, 0.05) is 0 Å². The normalized spacial score (nSPS) is 25.1. The zero-order valence-electron chi connectivity index (χ0n) is 23.5. The summed E-state index contributed by atoms with van der Waals surface area (Å²) in [6.07, 6.45) is 0. The molecule has 1 saturated heterocycles. The van der Waals surface area contributed by atoms with E-state index in [1.807, 2.05) is 0 Å². The third-order valence-electron chi connectivity index (χ3n) is 5.34. The van der Waals surface area contributed by atoms with Gasteiger partial charge in [-0.2, -0.15) is 0 Å². The number of nitrogens with zero attached hydrogens (tertiary/aromatic N) is 4. The molecular weight excluding hydrogens is 542 g/mol. The molecule has 0 radical (unpaired) electrons. The van der Waals surface area contributed by atoms with Crippen molar-refractivity contribution < 1.29 is 0 Å². The summed E-state index contributed by atoms with van der Waals surface area (Å²) < 4.78 is 20.3. The zero-order chi connectivity index (χ0) is 25.8. The van der Waals surface area contributed by atoms with Crippen molar-refractivity contribution in [1.82, 2.24) is 5.47 Å². The minimum atomic E-state index is -3.23. The first-order valence-corrected chi connectivity index (χ1v) is 19.3. The number of rotatable bonds is 2. The Hall–Kier alpha value is -0.923. The molecule has 0 bridgehead atoms. The van der Waals surface area contributed by atoms with E-state index in [1.54, 1.807) is 0 Å². The predicted octanol–water partition coefficient (Wildman–Crippen LogP) is 6.03. The Morgan fingerprint density at radius 1 is 0.471 bits per heavy atom. The van der Waals surface area contributed by atoms with E-state index in [4.69, 9.17) is 7.72 Å². The molecule has 0 aliphatic carbocycles. The van der Waals surface area contributed by atoms with Crippen molar-refractivity contribution in [2.75, 3.05) is 0 Å². The summed E-state index contributed by atoms with van der Waals surface area (Å²) >= 11 is -6.46. The summed E-state index contributed by atoms with van der Waals surface area (Å²) in [6, 6.07) is 22.3. The Balaban J connectivity index is 2.65. The van der Waals surface area contributed by atoms with E-state index >= 15 is 0 Å². The van der Waals surface area contributed by atoms with Crippen LogP contribution in [0.15, 0.2) is 68.4 Å². The quantitative estimate of drug-likeness (QED) is 0.402. The van der Waals surface area contributed by atoms with Gasteiger partial charge in [0.05, 0.1) is 0 Å². The van der Waals surface area contributed by atoms with E-state index in [1.165, 1.54) is 8.70 Å². The third kappa shape index (κ3) is 4.99. The molecule has 1 heterocycles. The van der Waals surface area contributed by atoms with Crippen LogP contribution in [0.25, 0.3) is 0 Å². The van der Waals surface area contributed by atoms with Crippen molar-refractivity contribution in [2.45, 2.75) is 105 Å². The van der Waals surface area contributed by atoms with Gasteiger partial charge >= 0.3 is 215 Å². The van der Waals surface area contributed by atoms with Gasteiger partial charge in [0.2, 0.25) is 0 Å². The monoisotopic (exact) mass is 588 g/mol. The molecule has 2 aromatic carbocycles. The van der Waals surface area contributed by atoms with Crippen LogP contribution in [0.1, 0.15) is 83.1 Å². The maximum absolute atomic E-state index is 5.87. The Labute approximate surface area is 214 Å². The van der Waals surface area contributed by atoms with E-state index in [9.17, 15) is 0 Å². The summed E-state index contributed by atoms with van der Waals surface area (Å²) in [5.41, 5.74) is -0.506. The van der Waals surface area contributed by atoms with E-state index in [0.29, 0.717) is 0 Å². The van der Waals surface area contributed by atoms with Crippen LogP contribution in [0.3, 0.4) is 0 Å². The molecule has 188 valence electrons. The Morgan fingerprint density at radius 3 is 0.941 bits per heavy atom. The molecule has 0 amide bonds. The Morgan fingerprint density at radius 2 is 0.735 bits per heavy atom. The van der Waals surface area contributed by atoms with Crippen LogP contribution < -0.4 is 8.70 Å². The van der Waals surface area contributed by atoms with Gasteiger partial charge in [-0.3, -0.25) is 0 Å². The van der Waals surface area contributed by atoms with E-state index < -0.39 is 27.6 Å². The summed E-state index contributed by atoms with van der Waals surface area (Å²) in [5.74, 6) is 0. The van der Waals surface area contributed by atoms with Gasteiger partial charge in [0.15, 0.2) is 0 Å². The standard InChI is InChI=1S/C28H46As2N4/c1-25(2,3)31-29(23-19-15-13-16-20-23)33(27(7,8)9)30(32-26(4,5)6,34(29)28(10,11)12)24-21-17-14-18-22-24/h13-22H,1-12H3. The van der Waals surface area contributed by atoms with Gasteiger partial charge in [-0.15, -0.1) is 0 Å². The molecule has 3 rings (SSSR count). The molecule has 0 atom stereocenters. The molecular formula is C28H46As2N4. The fourth-order valence-electron chi connectivity index (χ4n) is 4.97. The molecule has 0 aromatic heterocycles. The fourth-order valence-corrected chi connectivity index (χ4v) is 38.6. The first-order chi connectivity index (χ1) is 15.4. The third-order valence-corrected chi connectivity index (χ3v) is 33.5. The first kappa shape index (κ1) is 27.7. The molecule has 34 heavy (non-hydrogen) atoms. The van der Waals surface area contributed by atoms with E-state index in [-0.39, 0.29) is 22.2 Å². The molecule has 0 spiro atoms. The second-order valence-electron chi connectivity index (χ2n) is 13.3. The number of hydrogen-bond donors (Lipinski definition) is 0. The average Bonchev–Trinajstić information content (AvgIpc) is 2.63. The maximum atomic E-state index is 5.87. The first-order valence-electron chi connectivity index (χ1n) is 12.4. The molecule has 0 N–H and O–H groups in total. The predicted molar refractivity (Wildman–Crippen MR) is 151 cm³/mol. The topological polar surface area (TPSA) is 31.2 Å². The molecule has 6 heteroatoms. The van der Waals surface area contributed by atoms with Crippen LogP contribution in [-0.2, 0) is 0 Å². The van der Waals surface area contributed by atoms with Crippen LogP contribution in [-0.4, -0.2) is 55.2 Å². The van der Waals surface area contributed by atoms with Crippen molar-refractivity contribution in [1.29, 1.82) is 0 Å². The van der Waals surface area contributed by atoms with Crippen molar-refractivity contribution in [3.8, 4) is 0 Å². The molecule has 0 saturated carbocycles. The molecule has 1 aliphatic rings. The SMILES string of the molecule is CC(C)(C)N=[As]1(c2ccccc2)N(C(C)(C)C)[As](=NC(C)(C)C)(c2ccccc2)N1C(C)(C)C. The molecule has 0 unspecified atom stereocenters. The van der Waals surface area contributed by atoms with Crippen molar-refractivity contribution in [2.24, 2.45) is 7.72 Å². The molecule has 1 fully saturated rings. The summed E-state index contributed by atoms with van der Waals surface area (Å²) in [4.78, 5) is 0. The second-order valence-corrected chi connectivity index (χ2v) is 27.4. The average molecular weight is 589 g/mol. The second kappa shape index (κ2) is 8.88. The van der Waals surface area contributed by atoms with Crippen LogP contribution in [0.2, 0.25) is 0 Å². The zero-order valence-corrected chi connectivity index (χ0v) is 27.2. The van der Waals surface area contributed by atoms with Gasteiger partial charge in [0.25, 0.3) is 0 Å². The van der Waals surface area contributed by atoms with Gasteiger partial charge in [-0.05, 0) is 0 Å². The summed E-state index contributed by atoms with van der Waals surface area (Å²) in [5, 5.41) is 0. The van der Waals surface area contributed by atoms with Gasteiger partial charge in [0.1, 0.15) is 0 Å². The van der Waals surface area contributed by atoms with Crippen LogP contribution >= 0.6 is 0 Å². The summed E-state index contributed by atoms with van der Waals surface area (Å²) in [6.45, 7) is 27.8. The van der Waals surface area contributed by atoms with Gasteiger partial charge in [-0.1, -0.05) is 0 Å². The molecule has 1 aliphatic heterocycles. The fraction of sp³-hybridized carbons (Fsp3) is 0.571. The Kier molecular flexibility index (Phi) is 7.22. The van der Waals surface area contributed by atoms with Crippen LogP contribution in [0.4, 0.5) is 0 Å². The van der Waals surface area contributed by atoms with Crippen LogP contribution in [0.5, 0.6) is 0 Å². The Bertz CT molecular complexity index is 1000. The number of hydrogen-bond acceptors (Lipinski definition) is 2. The molecule has 4 nitrogen and oxygen atoms in total. The summed E-state index contributed by atoms with van der Waals surface area (Å²) in [7, 11) is 0. The van der Waals surface area contributed by atoms with Crippen molar-refractivity contribution in [3.05, 3.63) is 60.7 Å². The van der Waals surface area contributed by atoms with Gasteiger partial charge in [-0.25, -0.2) is 0 Å². The minimum absolute atomic E-state index is 0.0864. The van der Waals surface area contributed by atoms with Crippen molar-refractivity contribution >= 4 is 36.3 Å². The van der Waals surface area contributed by atoms with E-state index in [0.717, 1.165) is 0 Å². The van der Waals surface area contributed by atoms with Crippen LogP contribution in [0, 0.1) is 0 Å². The molecule has 2 aromatic rings. The van der Waals surface area contributed by atoms with E-state index in [2.05, 4.69) is 149 Å².